The molecule has 0 bridgehead atoms. The van der Waals surface area contributed by atoms with E-state index in [1.54, 1.807) is 0 Å². The number of nitrogens with zero attached hydrogens (tertiary/aromatic N) is 1. The van der Waals surface area contributed by atoms with Gasteiger partial charge in [0, 0.05) is 25.2 Å². The fourth-order valence-corrected chi connectivity index (χ4v) is 4.32. The summed E-state index contributed by atoms with van der Waals surface area (Å²) in [4.78, 5) is 2.66. The molecule has 0 radical (unpaired) electrons. The molecule has 1 aliphatic heterocycles. The van der Waals surface area contributed by atoms with Crippen molar-refractivity contribution in [3.05, 3.63) is 0 Å². The van der Waals surface area contributed by atoms with E-state index < -0.39 is 0 Å². The average Bonchev–Trinajstić information content (AvgIpc) is 2.70. The van der Waals surface area contributed by atoms with Crippen LogP contribution in [0.3, 0.4) is 0 Å². The molecule has 0 spiro atoms. The predicted molar refractivity (Wildman–Crippen MR) is 75.6 cm³/mol. The molecule has 106 valence electrons. The average molecular weight is 254 g/mol. The van der Waals surface area contributed by atoms with Crippen molar-refractivity contribution >= 4 is 0 Å². The van der Waals surface area contributed by atoms with Crippen LogP contribution in [0.1, 0.15) is 53.4 Å². The Hall–Kier alpha value is -0.120. The molecule has 2 aliphatic rings. The van der Waals surface area contributed by atoms with E-state index in [1.807, 2.05) is 0 Å². The molecule has 1 saturated heterocycles. The van der Waals surface area contributed by atoms with Gasteiger partial charge in [0.25, 0.3) is 0 Å². The summed E-state index contributed by atoms with van der Waals surface area (Å²) in [5.74, 6) is 0.767. The van der Waals surface area contributed by atoms with Crippen LogP contribution in [0, 0.1) is 5.92 Å². The van der Waals surface area contributed by atoms with Crippen molar-refractivity contribution in [2.75, 3.05) is 19.6 Å². The highest BCUT2D eigenvalue weighted by Gasteiger charge is 2.48. The molecule has 0 amide bonds. The zero-order valence-electron chi connectivity index (χ0n) is 12.5. The summed E-state index contributed by atoms with van der Waals surface area (Å²) >= 11 is 0. The molecule has 0 aromatic heterocycles. The second-order valence-electron chi connectivity index (χ2n) is 6.87. The Labute approximate surface area is 112 Å². The molecule has 1 saturated carbocycles. The number of hydrogen-bond acceptors (Lipinski definition) is 3. The lowest BCUT2D eigenvalue weighted by atomic mass is 9.81. The Balaban J connectivity index is 2.21. The second kappa shape index (κ2) is 5.10. The molecule has 3 heteroatoms. The minimum atomic E-state index is -0.0410. The first-order chi connectivity index (χ1) is 8.43. The van der Waals surface area contributed by atoms with Crippen molar-refractivity contribution in [1.29, 1.82) is 0 Å². The maximum absolute atomic E-state index is 6.22. The summed E-state index contributed by atoms with van der Waals surface area (Å²) in [5.41, 5.74) is 6.42. The summed E-state index contributed by atoms with van der Waals surface area (Å²) in [7, 11) is 0. The molecule has 1 aliphatic carbocycles. The van der Waals surface area contributed by atoms with Gasteiger partial charge in [-0.3, -0.25) is 4.90 Å². The van der Waals surface area contributed by atoms with E-state index >= 15 is 0 Å². The smallest absolute Gasteiger partial charge is 0.0757 e. The fraction of sp³-hybridized carbons (Fsp3) is 1.00. The van der Waals surface area contributed by atoms with Gasteiger partial charge in [0.1, 0.15) is 0 Å². The molecule has 3 atom stereocenters. The topological polar surface area (TPSA) is 38.5 Å². The molecule has 3 unspecified atom stereocenters. The number of rotatable bonds is 3. The van der Waals surface area contributed by atoms with E-state index in [9.17, 15) is 0 Å². The number of morpholine rings is 1. The lowest BCUT2D eigenvalue weighted by molar-refractivity contribution is -0.157. The first-order valence-electron chi connectivity index (χ1n) is 7.56. The van der Waals surface area contributed by atoms with Crippen LogP contribution < -0.4 is 5.73 Å². The van der Waals surface area contributed by atoms with Crippen molar-refractivity contribution in [2.45, 2.75) is 70.6 Å². The maximum Gasteiger partial charge on any atom is 0.0757 e. The van der Waals surface area contributed by atoms with E-state index in [2.05, 4.69) is 32.6 Å². The van der Waals surface area contributed by atoms with Gasteiger partial charge < -0.3 is 10.5 Å². The van der Waals surface area contributed by atoms with Gasteiger partial charge in [-0.05, 0) is 39.5 Å². The Morgan fingerprint density at radius 2 is 2.11 bits per heavy atom. The zero-order valence-corrected chi connectivity index (χ0v) is 12.5. The number of ether oxygens (including phenoxy) is 1. The van der Waals surface area contributed by atoms with Gasteiger partial charge in [-0.15, -0.1) is 0 Å². The molecule has 3 nitrogen and oxygen atoms in total. The second-order valence-corrected chi connectivity index (χ2v) is 6.87. The largest absolute Gasteiger partial charge is 0.370 e. The van der Waals surface area contributed by atoms with Crippen LogP contribution in [0.15, 0.2) is 0 Å². The van der Waals surface area contributed by atoms with Gasteiger partial charge in [-0.2, -0.15) is 0 Å². The van der Waals surface area contributed by atoms with E-state index in [-0.39, 0.29) is 11.1 Å². The van der Waals surface area contributed by atoms with Crippen LogP contribution in [0.25, 0.3) is 0 Å². The lowest BCUT2D eigenvalue weighted by Crippen LogP contribution is -2.64. The SMILES string of the molecule is CCC1CCCC1(CN)N1CC(C)OC(C)(C)C1. The Bertz CT molecular complexity index is 292. The molecule has 0 aromatic carbocycles. The number of nitrogens with two attached hydrogens (primary N) is 1. The summed E-state index contributed by atoms with van der Waals surface area (Å²) < 4.78 is 6.04. The standard InChI is InChI=1S/C15H30N2O/c1-5-13-7-6-8-15(13,10-16)17-9-12(2)18-14(3,4)11-17/h12-13H,5-11,16H2,1-4H3. The third-order valence-corrected chi connectivity index (χ3v) is 4.97. The van der Waals surface area contributed by atoms with Gasteiger partial charge in [-0.1, -0.05) is 19.8 Å². The van der Waals surface area contributed by atoms with E-state index in [0.717, 1.165) is 25.6 Å². The van der Waals surface area contributed by atoms with Crippen LogP contribution in [-0.2, 0) is 4.74 Å². The van der Waals surface area contributed by atoms with Gasteiger partial charge in [-0.25, -0.2) is 0 Å². The third-order valence-electron chi connectivity index (χ3n) is 4.97. The van der Waals surface area contributed by atoms with E-state index in [1.165, 1.54) is 25.7 Å². The summed E-state index contributed by atoms with van der Waals surface area (Å²) in [6, 6.07) is 0. The molecule has 2 rings (SSSR count). The van der Waals surface area contributed by atoms with Gasteiger partial charge >= 0.3 is 0 Å². The summed E-state index contributed by atoms with van der Waals surface area (Å²) in [6.07, 6.45) is 5.52. The molecule has 1 heterocycles. The molecular formula is C15H30N2O. The van der Waals surface area contributed by atoms with Crippen molar-refractivity contribution in [3.63, 3.8) is 0 Å². The molecule has 0 aromatic rings. The highest BCUT2D eigenvalue weighted by molar-refractivity contribution is 5.04. The maximum atomic E-state index is 6.22. The normalized spacial score (nSPS) is 41.2. The summed E-state index contributed by atoms with van der Waals surface area (Å²) in [5, 5.41) is 0. The summed E-state index contributed by atoms with van der Waals surface area (Å²) in [6.45, 7) is 11.8. The minimum absolute atomic E-state index is 0.0410. The fourth-order valence-electron chi connectivity index (χ4n) is 4.32. The van der Waals surface area contributed by atoms with Crippen LogP contribution in [0.5, 0.6) is 0 Å². The minimum Gasteiger partial charge on any atom is -0.370 e. The van der Waals surface area contributed by atoms with Crippen LogP contribution in [-0.4, -0.2) is 41.8 Å². The van der Waals surface area contributed by atoms with Crippen LogP contribution in [0.2, 0.25) is 0 Å². The predicted octanol–water partition coefficient (Wildman–Crippen LogP) is 2.39. The van der Waals surface area contributed by atoms with Gasteiger partial charge in [0.2, 0.25) is 0 Å². The first kappa shape index (κ1) is 14.3. The number of hydrogen-bond donors (Lipinski definition) is 1. The molecular weight excluding hydrogens is 224 g/mol. The van der Waals surface area contributed by atoms with Crippen molar-refractivity contribution in [1.82, 2.24) is 4.90 Å². The Morgan fingerprint density at radius 3 is 2.67 bits per heavy atom. The highest BCUT2D eigenvalue weighted by atomic mass is 16.5. The van der Waals surface area contributed by atoms with Crippen molar-refractivity contribution in [3.8, 4) is 0 Å². The van der Waals surface area contributed by atoms with E-state index in [0.29, 0.717) is 6.10 Å². The van der Waals surface area contributed by atoms with Crippen LogP contribution in [0.4, 0.5) is 0 Å². The first-order valence-corrected chi connectivity index (χ1v) is 7.56. The molecule has 2 N–H and O–H groups in total. The Kier molecular flexibility index (Phi) is 4.05. The van der Waals surface area contributed by atoms with E-state index in [4.69, 9.17) is 10.5 Å². The quantitative estimate of drug-likeness (QED) is 0.840. The van der Waals surface area contributed by atoms with Gasteiger partial charge in [0.15, 0.2) is 0 Å². The highest BCUT2D eigenvalue weighted by Crippen LogP contribution is 2.43. The Morgan fingerprint density at radius 1 is 1.39 bits per heavy atom. The van der Waals surface area contributed by atoms with Crippen molar-refractivity contribution < 1.29 is 4.74 Å². The third kappa shape index (κ3) is 2.45. The lowest BCUT2D eigenvalue weighted by Gasteiger charge is -2.52. The zero-order chi connectivity index (χ0) is 13.4. The molecule has 2 fully saturated rings. The monoisotopic (exact) mass is 254 g/mol. The van der Waals surface area contributed by atoms with Gasteiger partial charge in [0.05, 0.1) is 11.7 Å². The van der Waals surface area contributed by atoms with Crippen molar-refractivity contribution in [2.24, 2.45) is 11.7 Å². The molecule has 18 heavy (non-hydrogen) atoms. The van der Waals surface area contributed by atoms with Crippen LogP contribution >= 0.6 is 0 Å².